The van der Waals surface area contributed by atoms with Crippen molar-refractivity contribution in [1.29, 1.82) is 0 Å². The highest BCUT2D eigenvalue weighted by Crippen LogP contribution is 2.25. The minimum absolute atomic E-state index is 0.155. The molecule has 0 spiro atoms. The lowest BCUT2D eigenvalue weighted by Crippen LogP contribution is -2.48. The van der Waals surface area contributed by atoms with Gasteiger partial charge in [0.15, 0.2) is 0 Å². The summed E-state index contributed by atoms with van der Waals surface area (Å²) in [7, 11) is 0. The summed E-state index contributed by atoms with van der Waals surface area (Å²) in [6.07, 6.45) is 0. The molecule has 2 amide bonds. The Balaban J connectivity index is 2.19. The summed E-state index contributed by atoms with van der Waals surface area (Å²) >= 11 is 1.51. The Kier molecular flexibility index (Phi) is 5.65. The van der Waals surface area contributed by atoms with Crippen LogP contribution in [0.15, 0.2) is 30.3 Å². The Morgan fingerprint density at radius 3 is 2.52 bits per heavy atom. The Morgan fingerprint density at radius 2 is 1.96 bits per heavy atom. The molecule has 1 aliphatic rings. The zero-order chi connectivity index (χ0) is 17.0. The first-order chi connectivity index (χ1) is 10.9. The van der Waals surface area contributed by atoms with Crippen molar-refractivity contribution in [3.8, 4) is 0 Å². The standard InChI is InChI=1S/C16H20N2O4S/c1-10(16(21)22)14(12-6-4-3-5-7-12)17-15(20)13-8-23-9-18(13)11(2)19/h3-7,10,13-14H,8-9H2,1-2H3,(H,17,20)(H,21,22)/t10-,13-,14-/m1/s1. The summed E-state index contributed by atoms with van der Waals surface area (Å²) < 4.78 is 0. The first kappa shape index (κ1) is 17.3. The minimum Gasteiger partial charge on any atom is -0.481 e. The predicted octanol–water partition coefficient (Wildman–Crippen LogP) is 1.49. The molecule has 7 heteroatoms. The summed E-state index contributed by atoms with van der Waals surface area (Å²) in [5.41, 5.74) is 0.732. The molecule has 0 bridgehead atoms. The molecule has 1 heterocycles. The highest BCUT2D eigenvalue weighted by molar-refractivity contribution is 7.99. The van der Waals surface area contributed by atoms with Gasteiger partial charge in [0.1, 0.15) is 6.04 Å². The number of carbonyl (C=O) groups is 3. The molecule has 0 radical (unpaired) electrons. The number of benzene rings is 1. The maximum absolute atomic E-state index is 12.6. The Hall–Kier alpha value is -2.02. The summed E-state index contributed by atoms with van der Waals surface area (Å²) in [5.74, 6) is -1.22. The first-order valence-electron chi connectivity index (χ1n) is 7.35. The fourth-order valence-electron chi connectivity index (χ4n) is 2.52. The van der Waals surface area contributed by atoms with Gasteiger partial charge in [0.25, 0.3) is 0 Å². The van der Waals surface area contributed by atoms with E-state index >= 15 is 0 Å². The number of rotatable bonds is 5. The van der Waals surface area contributed by atoms with Crippen molar-refractivity contribution in [3.05, 3.63) is 35.9 Å². The largest absolute Gasteiger partial charge is 0.481 e. The molecule has 1 fully saturated rings. The molecule has 1 aromatic rings. The van der Waals surface area contributed by atoms with Gasteiger partial charge in [-0.3, -0.25) is 14.4 Å². The maximum Gasteiger partial charge on any atom is 0.308 e. The van der Waals surface area contributed by atoms with Crippen LogP contribution in [0.5, 0.6) is 0 Å². The van der Waals surface area contributed by atoms with Crippen LogP contribution in [-0.2, 0) is 14.4 Å². The summed E-state index contributed by atoms with van der Waals surface area (Å²) in [6.45, 7) is 2.99. The number of carbonyl (C=O) groups excluding carboxylic acids is 2. The topological polar surface area (TPSA) is 86.7 Å². The highest BCUT2D eigenvalue weighted by atomic mass is 32.2. The molecule has 1 aliphatic heterocycles. The van der Waals surface area contributed by atoms with E-state index in [9.17, 15) is 19.5 Å². The fourth-order valence-corrected chi connectivity index (χ4v) is 3.74. The van der Waals surface area contributed by atoms with E-state index in [0.29, 0.717) is 11.6 Å². The molecule has 2 rings (SSSR count). The average molecular weight is 336 g/mol. The van der Waals surface area contributed by atoms with Crippen LogP contribution < -0.4 is 5.32 Å². The predicted molar refractivity (Wildman–Crippen MR) is 87.8 cm³/mol. The van der Waals surface area contributed by atoms with Crippen molar-refractivity contribution >= 4 is 29.5 Å². The first-order valence-corrected chi connectivity index (χ1v) is 8.50. The summed E-state index contributed by atoms with van der Waals surface area (Å²) in [6, 6.07) is 7.82. The number of hydrogen-bond acceptors (Lipinski definition) is 4. The molecule has 0 saturated carbocycles. The molecule has 3 atom stereocenters. The molecule has 1 saturated heterocycles. The molecule has 6 nitrogen and oxygen atoms in total. The lowest BCUT2D eigenvalue weighted by molar-refractivity contribution is -0.143. The van der Waals surface area contributed by atoms with Crippen molar-refractivity contribution < 1.29 is 19.5 Å². The van der Waals surface area contributed by atoms with Crippen LogP contribution in [0, 0.1) is 5.92 Å². The van der Waals surface area contributed by atoms with Crippen LogP contribution >= 0.6 is 11.8 Å². The molecule has 0 aliphatic carbocycles. The van der Waals surface area contributed by atoms with Gasteiger partial charge in [0.2, 0.25) is 11.8 Å². The van der Waals surface area contributed by atoms with E-state index in [2.05, 4.69) is 5.32 Å². The molecule has 2 N–H and O–H groups in total. The SMILES string of the molecule is CC(=O)N1CSC[C@@H]1C(=O)N[C@@H](c1ccccc1)[C@@H](C)C(=O)O. The van der Waals surface area contributed by atoms with Crippen LogP contribution in [0.25, 0.3) is 0 Å². The second-order valence-corrected chi connectivity index (χ2v) is 6.53. The molecule has 1 aromatic carbocycles. The second-order valence-electron chi connectivity index (χ2n) is 5.53. The van der Waals surface area contributed by atoms with Gasteiger partial charge in [-0.25, -0.2) is 0 Å². The Morgan fingerprint density at radius 1 is 1.30 bits per heavy atom. The Labute approximate surface area is 139 Å². The van der Waals surface area contributed by atoms with E-state index in [0.717, 1.165) is 5.56 Å². The van der Waals surface area contributed by atoms with E-state index in [-0.39, 0.29) is 11.8 Å². The molecule has 124 valence electrons. The van der Waals surface area contributed by atoms with Crippen molar-refractivity contribution in [2.75, 3.05) is 11.6 Å². The normalized spacial score (nSPS) is 19.9. The van der Waals surface area contributed by atoms with Gasteiger partial charge in [-0.15, -0.1) is 11.8 Å². The van der Waals surface area contributed by atoms with Gasteiger partial charge in [-0.05, 0) is 12.5 Å². The lowest BCUT2D eigenvalue weighted by Gasteiger charge is -2.27. The lowest BCUT2D eigenvalue weighted by atomic mass is 9.94. The molecule has 0 unspecified atom stereocenters. The summed E-state index contributed by atoms with van der Waals surface area (Å²) in [4.78, 5) is 37.0. The van der Waals surface area contributed by atoms with Gasteiger partial charge in [-0.1, -0.05) is 30.3 Å². The number of carboxylic acid groups (broad SMARTS) is 1. The quantitative estimate of drug-likeness (QED) is 0.851. The van der Waals surface area contributed by atoms with Crippen molar-refractivity contribution in [2.45, 2.75) is 25.9 Å². The number of thioether (sulfide) groups is 1. The monoisotopic (exact) mass is 336 g/mol. The molecular weight excluding hydrogens is 316 g/mol. The minimum atomic E-state index is -0.983. The number of amides is 2. The smallest absolute Gasteiger partial charge is 0.308 e. The van der Waals surface area contributed by atoms with Crippen LogP contribution in [-0.4, -0.2) is 45.5 Å². The number of nitrogens with zero attached hydrogens (tertiary/aromatic N) is 1. The van der Waals surface area contributed by atoms with Gasteiger partial charge in [0, 0.05) is 12.7 Å². The van der Waals surface area contributed by atoms with Crippen LogP contribution in [0.3, 0.4) is 0 Å². The number of aliphatic carboxylic acids is 1. The van der Waals surface area contributed by atoms with Crippen molar-refractivity contribution in [3.63, 3.8) is 0 Å². The fraction of sp³-hybridized carbons (Fsp3) is 0.438. The molecule has 23 heavy (non-hydrogen) atoms. The van der Waals surface area contributed by atoms with E-state index in [1.165, 1.54) is 23.6 Å². The number of hydrogen-bond donors (Lipinski definition) is 2. The van der Waals surface area contributed by atoms with E-state index in [4.69, 9.17) is 0 Å². The summed E-state index contributed by atoms with van der Waals surface area (Å²) in [5, 5.41) is 12.1. The van der Waals surface area contributed by atoms with E-state index in [1.54, 1.807) is 31.2 Å². The van der Waals surface area contributed by atoms with Crippen LogP contribution in [0.4, 0.5) is 0 Å². The zero-order valence-corrected chi connectivity index (χ0v) is 13.9. The highest BCUT2D eigenvalue weighted by Gasteiger charge is 2.35. The zero-order valence-electron chi connectivity index (χ0n) is 13.1. The maximum atomic E-state index is 12.6. The van der Waals surface area contributed by atoms with Crippen LogP contribution in [0.1, 0.15) is 25.5 Å². The number of nitrogens with one attached hydrogen (secondary N) is 1. The van der Waals surface area contributed by atoms with Gasteiger partial charge >= 0.3 is 5.97 Å². The third-order valence-electron chi connectivity index (χ3n) is 3.94. The molecule has 0 aromatic heterocycles. The number of carboxylic acids is 1. The third kappa shape index (κ3) is 4.04. The van der Waals surface area contributed by atoms with Crippen molar-refractivity contribution in [1.82, 2.24) is 10.2 Å². The van der Waals surface area contributed by atoms with Gasteiger partial charge < -0.3 is 15.3 Å². The third-order valence-corrected chi connectivity index (χ3v) is 4.95. The van der Waals surface area contributed by atoms with Crippen molar-refractivity contribution in [2.24, 2.45) is 5.92 Å². The van der Waals surface area contributed by atoms with E-state index in [1.807, 2.05) is 6.07 Å². The second kappa shape index (κ2) is 7.50. The van der Waals surface area contributed by atoms with E-state index < -0.39 is 24.0 Å². The molecular formula is C16H20N2O4S. The van der Waals surface area contributed by atoms with Gasteiger partial charge in [0.05, 0.1) is 17.8 Å². The van der Waals surface area contributed by atoms with Gasteiger partial charge in [-0.2, -0.15) is 0 Å². The Bertz CT molecular complexity index is 593. The average Bonchev–Trinajstić information content (AvgIpc) is 3.02. The van der Waals surface area contributed by atoms with Crippen LogP contribution in [0.2, 0.25) is 0 Å².